The third-order valence-electron chi connectivity index (χ3n) is 4.00. The molecule has 10 heteroatoms. The number of amides is 1. The Bertz CT molecular complexity index is 841. The van der Waals surface area contributed by atoms with Gasteiger partial charge in [-0.25, -0.2) is 4.79 Å². The molecule has 8 nitrogen and oxygen atoms in total. The highest BCUT2D eigenvalue weighted by molar-refractivity contribution is 8.01. The molecule has 0 unspecified atom stereocenters. The van der Waals surface area contributed by atoms with Gasteiger partial charge in [0.25, 0.3) is 0 Å². The van der Waals surface area contributed by atoms with Crippen molar-refractivity contribution in [2.45, 2.75) is 23.5 Å². The van der Waals surface area contributed by atoms with Gasteiger partial charge in [-0.1, -0.05) is 12.1 Å². The van der Waals surface area contributed by atoms with Crippen LogP contribution < -0.4 is 9.97 Å². The monoisotopic (exact) mass is 361 g/mol. The molecule has 1 aromatic carbocycles. The van der Waals surface area contributed by atoms with Crippen LogP contribution in [0.25, 0.3) is 0 Å². The van der Waals surface area contributed by atoms with Crippen LogP contribution in [0.5, 0.6) is 5.75 Å². The van der Waals surface area contributed by atoms with E-state index < -0.39 is 13.1 Å². The number of thioether (sulfide) groups is 1. The van der Waals surface area contributed by atoms with Crippen LogP contribution in [-0.4, -0.2) is 44.6 Å². The summed E-state index contributed by atoms with van der Waals surface area (Å²) in [5.41, 5.74) is 1.91. The number of carboxylic acid groups (broad SMARTS) is 1. The van der Waals surface area contributed by atoms with E-state index >= 15 is 0 Å². The van der Waals surface area contributed by atoms with Crippen LogP contribution in [0.3, 0.4) is 0 Å². The topological polar surface area (TPSA) is 114 Å². The highest BCUT2D eigenvalue weighted by Crippen LogP contribution is 2.39. The zero-order valence-electron chi connectivity index (χ0n) is 13.6. The summed E-state index contributed by atoms with van der Waals surface area (Å²) in [5, 5.41) is 26.7. The fourth-order valence-electron chi connectivity index (χ4n) is 2.77. The minimum atomic E-state index is -1.18. The zero-order valence-corrected chi connectivity index (χ0v) is 14.4. The van der Waals surface area contributed by atoms with E-state index in [0.29, 0.717) is 29.1 Å². The number of carboxylic acids is 1. The number of nitrogens with one attached hydrogen (secondary N) is 1. The first-order chi connectivity index (χ1) is 11.9. The molecule has 0 saturated heterocycles. The predicted octanol–water partition coefficient (Wildman–Crippen LogP) is 1.11. The molecule has 0 radical (unpaired) electrons. The molecule has 1 atom stereocenters. The molecule has 1 amide bonds. The van der Waals surface area contributed by atoms with E-state index in [1.807, 2.05) is 6.07 Å². The van der Waals surface area contributed by atoms with Crippen molar-refractivity contribution < 1.29 is 24.4 Å². The Hall–Kier alpha value is -2.46. The molecule has 25 heavy (non-hydrogen) atoms. The fourth-order valence-corrected chi connectivity index (χ4v) is 3.93. The van der Waals surface area contributed by atoms with Gasteiger partial charge in [-0.2, -0.15) is 5.10 Å². The Balaban J connectivity index is 1.91. The molecule has 1 aliphatic heterocycles. The van der Waals surface area contributed by atoms with Crippen molar-refractivity contribution in [2.75, 3.05) is 5.32 Å². The number of nitrogens with zero attached hydrogens (tertiary/aromatic N) is 2. The second-order valence-electron chi connectivity index (χ2n) is 5.67. The molecular formula is C15H16BN3O5S. The number of aromatic nitrogens is 2. The molecule has 0 spiro atoms. The lowest BCUT2D eigenvalue weighted by Crippen LogP contribution is -2.41. The van der Waals surface area contributed by atoms with E-state index in [1.54, 1.807) is 24.7 Å². The van der Waals surface area contributed by atoms with Crippen LogP contribution in [0.15, 0.2) is 23.4 Å². The van der Waals surface area contributed by atoms with Crippen LogP contribution in [0.1, 0.15) is 21.5 Å². The van der Waals surface area contributed by atoms with Gasteiger partial charge >= 0.3 is 13.1 Å². The summed E-state index contributed by atoms with van der Waals surface area (Å²) in [6, 6.07) is 3.54. The number of hydrogen-bond acceptors (Lipinski definition) is 6. The lowest BCUT2D eigenvalue weighted by atomic mass is 9.77. The van der Waals surface area contributed by atoms with Gasteiger partial charge in [0.1, 0.15) is 16.3 Å². The van der Waals surface area contributed by atoms with Crippen molar-refractivity contribution in [1.82, 2.24) is 9.78 Å². The number of anilines is 1. The Morgan fingerprint density at radius 3 is 3.00 bits per heavy atom. The molecule has 3 rings (SSSR count). The summed E-state index contributed by atoms with van der Waals surface area (Å²) in [6.45, 7) is 1.69. The van der Waals surface area contributed by atoms with Crippen LogP contribution >= 0.6 is 11.8 Å². The molecule has 0 saturated carbocycles. The SMILES string of the molecule is Cc1ccc2c(c1C(=O)O)OB(O)[C@@H](Sc1c(NC=O)cnn1C)C2. The molecular weight excluding hydrogens is 345 g/mol. The van der Waals surface area contributed by atoms with Gasteiger partial charge < -0.3 is 20.1 Å². The highest BCUT2D eigenvalue weighted by Gasteiger charge is 2.38. The van der Waals surface area contributed by atoms with E-state index in [0.717, 1.165) is 5.56 Å². The highest BCUT2D eigenvalue weighted by atomic mass is 32.2. The van der Waals surface area contributed by atoms with E-state index in [9.17, 15) is 19.7 Å². The van der Waals surface area contributed by atoms with Crippen molar-refractivity contribution in [1.29, 1.82) is 0 Å². The number of carbonyl (C=O) groups is 2. The smallest absolute Gasteiger partial charge is 0.535 e. The first-order valence-corrected chi connectivity index (χ1v) is 8.39. The first kappa shape index (κ1) is 17.4. The van der Waals surface area contributed by atoms with Gasteiger partial charge in [0.15, 0.2) is 0 Å². The number of aryl methyl sites for hydroxylation is 2. The van der Waals surface area contributed by atoms with Crippen molar-refractivity contribution >= 4 is 36.9 Å². The maximum absolute atomic E-state index is 11.5. The maximum Gasteiger partial charge on any atom is 0.537 e. The normalized spacial score (nSPS) is 16.1. The van der Waals surface area contributed by atoms with Gasteiger partial charge in [0, 0.05) is 7.05 Å². The van der Waals surface area contributed by atoms with Gasteiger partial charge in [-0.15, -0.1) is 11.8 Å². The number of carbonyl (C=O) groups excluding carboxylic acids is 1. The molecule has 3 N–H and O–H groups in total. The van der Waals surface area contributed by atoms with Crippen LogP contribution in [0.2, 0.25) is 0 Å². The van der Waals surface area contributed by atoms with Gasteiger partial charge in [0.2, 0.25) is 6.41 Å². The average molecular weight is 361 g/mol. The van der Waals surface area contributed by atoms with Crippen molar-refractivity contribution in [2.24, 2.45) is 7.05 Å². The molecule has 1 aromatic heterocycles. The van der Waals surface area contributed by atoms with Crippen LogP contribution in [0, 0.1) is 6.92 Å². The van der Waals surface area contributed by atoms with Crippen molar-refractivity contribution in [3.8, 4) is 5.75 Å². The van der Waals surface area contributed by atoms with Gasteiger partial charge in [-0.05, 0) is 24.5 Å². The largest absolute Gasteiger partial charge is 0.537 e. The van der Waals surface area contributed by atoms with Gasteiger partial charge in [0.05, 0.1) is 17.0 Å². The standard InChI is InChI=1S/C15H16BN3O5S/c1-8-3-4-9-5-11(16(23)24-13(9)12(8)15(21)22)25-14-10(17-7-20)6-18-19(14)2/h3-4,6-7,11,23H,5H2,1-2H3,(H,17,20)(H,21,22)/t11-/m0/s1. The molecule has 2 aromatic rings. The molecule has 2 heterocycles. The predicted molar refractivity (Wildman–Crippen MR) is 93.0 cm³/mol. The molecule has 0 fully saturated rings. The maximum atomic E-state index is 11.5. The van der Waals surface area contributed by atoms with E-state index in [1.165, 1.54) is 18.0 Å². The Morgan fingerprint density at radius 2 is 2.32 bits per heavy atom. The third-order valence-corrected chi connectivity index (χ3v) is 5.41. The Morgan fingerprint density at radius 1 is 1.56 bits per heavy atom. The van der Waals surface area contributed by atoms with E-state index in [-0.39, 0.29) is 16.5 Å². The van der Waals surface area contributed by atoms with Gasteiger partial charge in [-0.3, -0.25) is 9.48 Å². The van der Waals surface area contributed by atoms with Crippen molar-refractivity contribution in [3.05, 3.63) is 35.0 Å². The number of aromatic carboxylic acids is 1. The number of rotatable bonds is 5. The van der Waals surface area contributed by atoms with Crippen LogP contribution in [0.4, 0.5) is 5.69 Å². The number of hydrogen-bond donors (Lipinski definition) is 3. The Labute approximate surface area is 148 Å². The molecule has 1 aliphatic rings. The zero-order chi connectivity index (χ0) is 18.1. The second kappa shape index (κ2) is 6.81. The second-order valence-corrected chi connectivity index (χ2v) is 6.90. The minimum Gasteiger partial charge on any atom is -0.535 e. The minimum absolute atomic E-state index is 0.0730. The lowest BCUT2D eigenvalue weighted by Gasteiger charge is -2.28. The summed E-state index contributed by atoms with van der Waals surface area (Å²) in [4.78, 5) is 22.2. The fraction of sp³-hybridized carbons (Fsp3) is 0.267. The lowest BCUT2D eigenvalue weighted by molar-refractivity contribution is -0.105. The summed E-state index contributed by atoms with van der Waals surface area (Å²) >= 11 is 1.31. The summed E-state index contributed by atoms with van der Waals surface area (Å²) < 4.78 is 7.13. The third kappa shape index (κ3) is 3.22. The van der Waals surface area contributed by atoms with E-state index in [4.69, 9.17) is 4.65 Å². The van der Waals surface area contributed by atoms with Crippen LogP contribution in [-0.2, 0) is 18.3 Å². The Kier molecular flexibility index (Phi) is 4.73. The molecule has 0 bridgehead atoms. The number of fused-ring (bicyclic) bond motifs is 1. The number of benzene rings is 1. The first-order valence-electron chi connectivity index (χ1n) is 7.51. The molecule has 130 valence electrons. The average Bonchev–Trinajstić information content (AvgIpc) is 2.89. The summed E-state index contributed by atoms with van der Waals surface area (Å²) in [7, 11) is 0.546. The molecule has 0 aliphatic carbocycles. The summed E-state index contributed by atoms with van der Waals surface area (Å²) in [6.07, 6.45) is 2.51. The van der Waals surface area contributed by atoms with E-state index in [2.05, 4.69) is 10.4 Å². The summed E-state index contributed by atoms with van der Waals surface area (Å²) in [5.74, 6) is -0.871. The van der Waals surface area contributed by atoms with Crippen molar-refractivity contribution in [3.63, 3.8) is 0 Å². The quantitative estimate of drug-likeness (QED) is 0.540.